The highest BCUT2D eigenvalue weighted by Gasteiger charge is 2.05. The number of unbranched alkanes of at least 4 members (excludes halogenated alkanes) is 8. The van der Waals surface area contributed by atoms with Gasteiger partial charge in [0.15, 0.2) is 0 Å². The van der Waals surface area contributed by atoms with Crippen molar-refractivity contribution in [1.29, 1.82) is 0 Å². The maximum atomic E-state index is 11.8. The number of para-hydroxylation sites is 1. The van der Waals surface area contributed by atoms with Gasteiger partial charge in [0.2, 0.25) is 5.91 Å². The molecule has 0 unspecified atom stereocenters. The molecule has 156 valence electrons. The first-order chi connectivity index (χ1) is 13.7. The molecule has 0 heterocycles. The Morgan fingerprint density at radius 1 is 0.964 bits per heavy atom. The van der Waals surface area contributed by atoms with Crippen LogP contribution in [-0.4, -0.2) is 31.7 Å². The van der Waals surface area contributed by atoms with Gasteiger partial charge >= 0.3 is 0 Å². The fourth-order valence-electron chi connectivity index (χ4n) is 2.85. The van der Waals surface area contributed by atoms with Crippen molar-refractivity contribution < 1.29 is 14.3 Å². The Balaban J connectivity index is 2.07. The zero-order valence-corrected chi connectivity index (χ0v) is 17.3. The van der Waals surface area contributed by atoms with Crippen LogP contribution in [0.5, 0.6) is 5.75 Å². The van der Waals surface area contributed by atoms with Gasteiger partial charge in [0, 0.05) is 12.0 Å². The minimum atomic E-state index is -0.355. The molecule has 6 heteroatoms. The molecule has 0 aliphatic rings. The molecule has 0 aliphatic heterocycles. The van der Waals surface area contributed by atoms with E-state index in [1.165, 1.54) is 51.2 Å². The van der Waals surface area contributed by atoms with Crippen molar-refractivity contribution in [3.8, 4) is 5.75 Å². The molecule has 2 amide bonds. The van der Waals surface area contributed by atoms with Crippen molar-refractivity contribution in [2.75, 3.05) is 13.7 Å². The van der Waals surface area contributed by atoms with Crippen LogP contribution in [0.4, 0.5) is 0 Å². The Bertz CT molecular complexity index is 602. The van der Waals surface area contributed by atoms with Crippen molar-refractivity contribution in [1.82, 2.24) is 10.7 Å². The average Bonchev–Trinajstić information content (AvgIpc) is 2.71. The first-order valence-electron chi connectivity index (χ1n) is 10.4. The summed E-state index contributed by atoms with van der Waals surface area (Å²) in [5.41, 5.74) is 3.17. The van der Waals surface area contributed by atoms with Gasteiger partial charge in [0.1, 0.15) is 5.75 Å². The number of ether oxygens (including phenoxy) is 1. The molecule has 1 aromatic carbocycles. The van der Waals surface area contributed by atoms with Crippen LogP contribution in [-0.2, 0) is 9.59 Å². The van der Waals surface area contributed by atoms with Crippen molar-refractivity contribution >= 4 is 18.0 Å². The number of methoxy groups -OCH3 is 1. The van der Waals surface area contributed by atoms with E-state index in [4.69, 9.17) is 4.74 Å². The summed E-state index contributed by atoms with van der Waals surface area (Å²) in [7, 11) is 1.58. The van der Waals surface area contributed by atoms with Crippen molar-refractivity contribution in [2.24, 2.45) is 5.10 Å². The molecule has 0 aromatic heterocycles. The number of carbonyl (C=O) groups is 2. The summed E-state index contributed by atoms with van der Waals surface area (Å²) in [6.45, 7) is 2.16. The molecular weight excluding hydrogens is 354 g/mol. The number of carbonyl (C=O) groups excluding carboxylic acids is 2. The van der Waals surface area contributed by atoms with Crippen LogP contribution in [0.15, 0.2) is 29.4 Å². The van der Waals surface area contributed by atoms with Gasteiger partial charge in [-0.05, 0) is 18.6 Å². The monoisotopic (exact) mass is 389 g/mol. The van der Waals surface area contributed by atoms with Crippen LogP contribution >= 0.6 is 0 Å². The summed E-state index contributed by atoms with van der Waals surface area (Å²) in [5, 5.41) is 6.52. The van der Waals surface area contributed by atoms with Gasteiger partial charge in [-0.2, -0.15) is 5.10 Å². The Kier molecular flexibility index (Phi) is 13.2. The van der Waals surface area contributed by atoms with E-state index in [0.29, 0.717) is 12.2 Å². The third-order valence-electron chi connectivity index (χ3n) is 4.49. The maximum absolute atomic E-state index is 11.8. The number of nitrogens with one attached hydrogen (secondary N) is 2. The first-order valence-corrected chi connectivity index (χ1v) is 10.4. The van der Waals surface area contributed by atoms with Crippen LogP contribution < -0.4 is 15.5 Å². The van der Waals surface area contributed by atoms with E-state index in [0.717, 1.165) is 18.4 Å². The van der Waals surface area contributed by atoms with Gasteiger partial charge < -0.3 is 10.1 Å². The lowest BCUT2D eigenvalue weighted by Gasteiger charge is -2.05. The molecule has 0 saturated heterocycles. The third kappa shape index (κ3) is 11.4. The minimum Gasteiger partial charge on any atom is -0.496 e. The molecule has 0 atom stereocenters. The lowest BCUT2D eigenvalue weighted by atomic mass is 10.1. The van der Waals surface area contributed by atoms with Gasteiger partial charge in [-0.15, -0.1) is 0 Å². The summed E-state index contributed by atoms with van der Waals surface area (Å²) in [6, 6.07) is 7.37. The molecular formula is C22H35N3O3. The fourth-order valence-corrected chi connectivity index (χ4v) is 2.85. The highest BCUT2D eigenvalue weighted by Crippen LogP contribution is 2.14. The second-order valence-corrected chi connectivity index (χ2v) is 6.89. The quantitative estimate of drug-likeness (QED) is 0.268. The normalized spacial score (nSPS) is 10.8. The van der Waals surface area contributed by atoms with Crippen molar-refractivity contribution in [3.05, 3.63) is 29.8 Å². The SMILES string of the molecule is CCCCCCCCCCCC(=O)NCC(=O)N/N=C/c1ccccc1OC. The Morgan fingerprint density at radius 3 is 2.29 bits per heavy atom. The predicted molar refractivity (Wildman–Crippen MR) is 114 cm³/mol. The van der Waals surface area contributed by atoms with Crippen LogP contribution in [0.2, 0.25) is 0 Å². The van der Waals surface area contributed by atoms with Gasteiger partial charge in [0.05, 0.1) is 19.9 Å². The summed E-state index contributed by atoms with van der Waals surface area (Å²) >= 11 is 0. The number of hydrazone groups is 1. The molecule has 1 aromatic rings. The highest BCUT2D eigenvalue weighted by molar-refractivity contribution is 5.87. The van der Waals surface area contributed by atoms with Crippen molar-refractivity contribution in [3.63, 3.8) is 0 Å². The molecule has 0 radical (unpaired) electrons. The second kappa shape index (κ2) is 15.7. The van der Waals surface area contributed by atoms with E-state index in [1.54, 1.807) is 7.11 Å². The predicted octanol–water partition coefficient (Wildman–Crippen LogP) is 4.18. The Labute approximate surface area is 169 Å². The third-order valence-corrected chi connectivity index (χ3v) is 4.49. The number of hydrogen-bond donors (Lipinski definition) is 2. The van der Waals surface area contributed by atoms with Gasteiger partial charge in [-0.25, -0.2) is 5.43 Å². The molecule has 0 aliphatic carbocycles. The molecule has 2 N–H and O–H groups in total. The topological polar surface area (TPSA) is 79.8 Å². The Hall–Kier alpha value is -2.37. The highest BCUT2D eigenvalue weighted by atomic mass is 16.5. The number of nitrogens with zero attached hydrogens (tertiary/aromatic N) is 1. The van der Waals surface area contributed by atoms with Crippen molar-refractivity contribution in [2.45, 2.75) is 71.1 Å². The number of hydrogen-bond acceptors (Lipinski definition) is 4. The summed E-state index contributed by atoms with van der Waals surface area (Å²) in [6.07, 6.45) is 12.9. The maximum Gasteiger partial charge on any atom is 0.259 e. The van der Waals surface area contributed by atoms with E-state index in [2.05, 4.69) is 22.8 Å². The molecule has 6 nitrogen and oxygen atoms in total. The number of benzene rings is 1. The van der Waals surface area contributed by atoms with E-state index in [1.807, 2.05) is 24.3 Å². The first kappa shape index (κ1) is 23.7. The molecule has 1 rings (SSSR count). The summed E-state index contributed by atoms with van der Waals surface area (Å²) < 4.78 is 5.20. The summed E-state index contributed by atoms with van der Waals surface area (Å²) in [4.78, 5) is 23.5. The summed E-state index contributed by atoms with van der Waals surface area (Å²) in [5.74, 6) is 0.230. The Morgan fingerprint density at radius 2 is 1.61 bits per heavy atom. The standard InChI is InChI=1S/C22H35N3O3/c1-3-4-5-6-7-8-9-10-11-16-21(26)23-18-22(27)25-24-17-19-14-12-13-15-20(19)28-2/h12-15,17H,3-11,16,18H2,1-2H3,(H,23,26)(H,25,27)/b24-17+. The van der Waals surface area contributed by atoms with E-state index in [-0.39, 0.29) is 18.4 Å². The number of rotatable bonds is 15. The van der Waals surface area contributed by atoms with Gasteiger partial charge in [-0.1, -0.05) is 70.4 Å². The van der Waals surface area contributed by atoms with E-state index < -0.39 is 0 Å². The smallest absolute Gasteiger partial charge is 0.259 e. The molecule has 0 fully saturated rings. The molecule has 0 saturated carbocycles. The lowest BCUT2D eigenvalue weighted by Crippen LogP contribution is -2.34. The van der Waals surface area contributed by atoms with Gasteiger partial charge in [-0.3, -0.25) is 9.59 Å². The second-order valence-electron chi connectivity index (χ2n) is 6.89. The number of amides is 2. The van der Waals surface area contributed by atoms with E-state index >= 15 is 0 Å². The van der Waals surface area contributed by atoms with Gasteiger partial charge in [0.25, 0.3) is 5.91 Å². The van der Waals surface area contributed by atoms with Crippen LogP contribution in [0.1, 0.15) is 76.7 Å². The largest absolute Gasteiger partial charge is 0.496 e. The van der Waals surface area contributed by atoms with Crippen LogP contribution in [0.3, 0.4) is 0 Å². The fraction of sp³-hybridized carbons (Fsp3) is 0.591. The lowest BCUT2D eigenvalue weighted by molar-refractivity contribution is -0.126. The zero-order valence-electron chi connectivity index (χ0n) is 17.3. The average molecular weight is 390 g/mol. The van der Waals surface area contributed by atoms with E-state index in [9.17, 15) is 9.59 Å². The minimum absolute atomic E-state index is 0.0699. The molecule has 0 spiro atoms. The molecule has 28 heavy (non-hydrogen) atoms. The molecule has 0 bridgehead atoms. The van der Waals surface area contributed by atoms with Crippen LogP contribution in [0.25, 0.3) is 0 Å². The zero-order chi connectivity index (χ0) is 20.5. The van der Waals surface area contributed by atoms with Crippen LogP contribution in [0, 0.1) is 0 Å².